The Kier molecular flexibility index (Phi) is 6.18. The molecule has 8 nitrogen and oxygen atoms in total. The molecule has 0 aliphatic carbocycles. The predicted octanol–water partition coefficient (Wildman–Crippen LogP) is 2.51. The van der Waals surface area contributed by atoms with Crippen LogP contribution in [0.1, 0.15) is 30.3 Å². The Labute approximate surface area is 163 Å². The van der Waals surface area contributed by atoms with Crippen molar-refractivity contribution in [3.05, 3.63) is 30.0 Å². The van der Waals surface area contributed by atoms with Crippen molar-refractivity contribution in [1.29, 1.82) is 0 Å². The van der Waals surface area contributed by atoms with Gasteiger partial charge in [-0.25, -0.2) is 0 Å². The summed E-state index contributed by atoms with van der Waals surface area (Å²) < 4.78 is 15.7. The standard InChI is InChI=1S/C20H25N3O5/c1-4-28-20(25)13-6-5-9-23(12-13)19(24)17-11-16(21-22-17)15-8-7-14(26-2)10-18(15)27-3/h7-8,10-11,13H,4-6,9,12H2,1-3H3,(H,21,22)/t13-/m1/s1. The number of amides is 1. The number of rotatable bonds is 6. The molecule has 1 aliphatic heterocycles. The molecule has 2 aromatic rings. The number of H-pyrrole nitrogens is 1. The van der Waals surface area contributed by atoms with E-state index in [4.69, 9.17) is 14.2 Å². The molecule has 1 aromatic carbocycles. The molecular formula is C20H25N3O5. The number of hydrogen-bond acceptors (Lipinski definition) is 6. The summed E-state index contributed by atoms with van der Waals surface area (Å²) in [7, 11) is 3.15. The van der Waals surface area contributed by atoms with Crippen molar-refractivity contribution in [2.75, 3.05) is 33.9 Å². The van der Waals surface area contributed by atoms with Gasteiger partial charge in [-0.15, -0.1) is 0 Å². The molecule has 0 unspecified atom stereocenters. The number of ether oxygens (including phenoxy) is 3. The van der Waals surface area contributed by atoms with Crippen LogP contribution in [0.4, 0.5) is 0 Å². The lowest BCUT2D eigenvalue weighted by atomic mass is 9.98. The van der Waals surface area contributed by atoms with E-state index in [1.165, 1.54) is 0 Å². The molecule has 1 N–H and O–H groups in total. The van der Waals surface area contributed by atoms with Crippen LogP contribution < -0.4 is 9.47 Å². The number of esters is 1. The van der Waals surface area contributed by atoms with Gasteiger partial charge in [-0.05, 0) is 38.0 Å². The first kappa shape index (κ1) is 19.7. The molecule has 0 bridgehead atoms. The average molecular weight is 387 g/mol. The zero-order valence-corrected chi connectivity index (χ0v) is 16.4. The Morgan fingerprint density at radius 2 is 2.07 bits per heavy atom. The van der Waals surface area contributed by atoms with Gasteiger partial charge in [0.15, 0.2) is 0 Å². The van der Waals surface area contributed by atoms with Crippen molar-refractivity contribution in [3.8, 4) is 22.8 Å². The zero-order chi connectivity index (χ0) is 20.1. The van der Waals surface area contributed by atoms with Gasteiger partial charge in [0.2, 0.25) is 0 Å². The maximum absolute atomic E-state index is 12.9. The van der Waals surface area contributed by atoms with E-state index in [9.17, 15) is 9.59 Å². The number of piperidine rings is 1. The number of hydrogen-bond donors (Lipinski definition) is 1. The molecule has 3 rings (SSSR count). The van der Waals surface area contributed by atoms with Crippen LogP contribution in [0.15, 0.2) is 24.3 Å². The van der Waals surface area contributed by atoms with E-state index in [2.05, 4.69) is 10.2 Å². The third kappa shape index (κ3) is 4.11. The Bertz CT molecular complexity index is 848. The van der Waals surface area contributed by atoms with Gasteiger partial charge in [0.1, 0.15) is 17.2 Å². The number of carbonyl (C=O) groups excluding carboxylic acids is 2. The van der Waals surface area contributed by atoms with Crippen LogP contribution in [-0.4, -0.2) is 60.9 Å². The van der Waals surface area contributed by atoms with Gasteiger partial charge in [0.05, 0.1) is 32.4 Å². The van der Waals surface area contributed by atoms with E-state index in [1.54, 1.807) is 38.2 Å². The third-order valence-corrected chi connectivity index (χ3v) is 4.82. The van der Waals surface area contributed by atoms with Crippen LogP contribution in [0.3, 0.4) is 0 Å². The minimum Gasteiger partial charge on any atom is -0.497 e. The van der Waals surface area contributed by atoms with Crippen LogP contribution in [0.25, 0.3) is 11.3 Å². The van der Waals surface area contributed by atoms with Gasteiger partial charge < -0.3 is 19.1 Å². The summed E-state index contributed by atoms with van der Waals surface area (Å²) in [6, 6.07) is 7.10. The highest BCUT2D eigenvalue weighted by molar-refractivity contribution is 5.94. The molecular weight excluding hydrogens is 362 g/mol. The van der Waals surface area contributed by atoms with Gasteiger partial charge in [0, 0.05) is 24.7 Å². The highest BCUT2D eigenvalue weighted by atomic mass is 16.5. The number of nitrogens with zero attached hydrogens (tertiary/aromatic N) is 2. The number of methoxy groups -OCH3 is 2. The average Bonchev–Trinajstić information content (AvgIpc) is 3.23. The Balaban J connectivity index is 1.76. The topological polar surface area (TPSA) is 93.8 Å². The third-order valence-electron chi connectivity index (χ3n) is 4.82. The first-order valence-electron chi connectivity index (χ1n) is 9.31. The Morgan fingerprint density at radius 3 is 2.79 bits per heavy atom. The SMILES string of the molecule is CCOC(=O)[C@@H]1CCCN(C(=O)c2cc(-c3ccc(OC)cc3OC)n[nH]2)C1. The summed E-state index contributed by atoms with van der Waals surface area (Å²) in [4.78, 5) is 26.6. The van der Waals surface area contributed by atoms with E-state index in [1.807, 2.05) is 12.1 Å². The second kappa shape index (κ2) is 8.77. The normalized spacial score (nSPS) is 16.5. The second-order valence-corrected chi connectivity index (χ2v) is 6.58. The van der Waals surface area contributed by atoms with E-state index in [-0.39, 0.29) is 17.8 Å². The molecule has 0 radical (unpaired) electrons. The van der Waals surface area contributed by atoms with E-state index >= 15 is 0 Å². The lowest BCUT2D eigenvalue weighted by Crippen LogP contribution is -2.43. The summed E-state index contributed by atoms with van der Waals surface area (Å²) in [5.74, 6) is 0.575. The van der Waals surface area contributed by atoms with Gasteiger partial charge in [-0.3, -0.25) is 14.7 Å². The number of likely N-dealkylation sites (tertiary alicyclic amines) is 1. The fourth-order valence-electron chi connectivity index (χ4n) is 3.36. The minimum absolute atomic E-state index is 0.180. The van der Waals surface area contributed by atoms with Crippen LogP contribution in [-0.2, 0) is 9.53 Å². The summed E-state index contributed by atoms with van der Waals surface area (Å²) >= 11 is 0. The maximum atomic E-state index is 12.9. The molecule has 1 amide bonds. The van der Waals surface area contributed by atoms with Gasteiger partial charge in [0.25, 0.3) is 5.91 Å². The van der Waals surface area contributed by atoms with Crippen LogP contribution in [0, 0.1) is 5.92 Å². The van der Waals surface area contributed by atoms with E-state index in [0.717, 1.165) is 18.4 Å². The van der Waals surface area contributed by atoms with Crippen molar-refractivity contribution in [2.24, 2.45) is 5.92 Å². The quantitative estimate of drug-likeness (QED) is 0.766. The summed E-state index contributed by atoms with van der Waals surface area (Å²) in [5.41, 5.74) is 1.72. The van der Waals surface area contributed by atoms with Crippen molar-refractivity contribution in [2.45, 2.75) is 19.8 Å². The van der Waals surface area contributed by atoms with E-state index in [0.29, 0.717) is 42.6 Å². The van der Waals surface area contributed by atoms with Crippen LogP contribution >= 0.6 is 0 Å². The largest absolute Gasteiger partial charge is 0.497 e. The molecule has 8 heteroatoms. The molecule has 150 valence electrons. The molecule has 0 saturated carbocycles. The summed E-state index contributed by atoms with van der Waals surface area (Å²) in [6.45, 7) is 3.09. The molecule has 2 heterocycles. The number of carbonyl (C=O) groups is 2. The fourth-order valence-corrected chi connectivity index (χ4v) is 3.36. The zero-order valence-electron chi connectivity index (χ0n) is 16.4. The highest BCUT2D eigenvalue weighted by Gasteiger charge is 2.30. The molecule has 1 aromatic heterocycles. The monoisotopic (exact) mass is 387 g/mol. The fraction of sp³-hybridized carbons (Fsp3) is 0.450. The smallest absolute Gasteiger partial charge is 0.310 e. The highest BCUT2D eigenvalue weighted by Crippen LogP contribution is 2.32. The lowest BCUT2D eigenvalue weighted by molar-refractivity contribution is -0.149. The lowest BCUT2D eigenvalue weighted by Gasteiger charge is -2.31. The molecule has 1 aliphatic rings. The molecule has 0 spiro atoms. The predicted molar refractivity (Wildman–Crippen MR) is 102 cm³/mol. The van der Waals surface area contributed by atoms with Gasteiger partial charge in [-0.1, -0.05) is 0 Å². The van der Waals surface area contributed by atoms with Crippen molar-refractivity contribution in [1.82, 2.24) is 15.1 Å². The first-order chi connectivity index (χ1) is 13.6. The maximum Gasteiger partial charge on any atom is 0.310 e. The first-order valence-corrected chi connectivity index (χ1v) is 9.31. The van der Waals surface area contributed by atoms with Crippen molar-refractivity contribution in [3.63, 3.8) is 0 Å². The molecule has 1 saturated heterocycles. The van der Waals surface area contributed by atoms with Gasteiger partial charge >= 0.3 is 5.97 Å². The number of nitrogens with one attached hydrogen (secondary N) is 1. The number of aromatic amines is 1. The summed E-state index contributed by atoms with van der Waals surface area (Å²) in [5, 5.41) is 7.07. The molecule has 1 fully saturated rings. The van der Waals surface area contributed by atoms with Crippen LogP contribution in [0.5, 0.6) is 11.5 Å². The van der Waals surface area contributed by atoms with E-state index < -0.39 is 0 Å². The Morgan fingerprint density at radius 1 is 1.25 bits per heavy atom. The molecule has 28 heavy (non-hydrogen) atoms. The summed E-state index contributed by atoms with van der Waals surface area (Å²) in [6.07, 6.45) is 1.50. The van der Waals surface area contributed by atoms with Crippen molar-refractivity contribution < 1.29 is 23.8 Å². The minimum atomic E-state index is -0.276. The molecule has 1 atom stereocenters. The Hall–Kier alpha value is -3.03. The van der Waals surface area contributed by atoms with Gasteiger partial charge in [-0.2, -0.15) is 5.10 Å². The second-order valence-electron chi connectivity index (χ2n) is 6.58. The van der Waals surface area contributed by atoms with Crippen LogP contribution in [0.2, 0.25) is 0 Å². The number of aromatic nitrogens is 2. The number of benzene rings is 1. The van der Waals surface area contributed by atoms with Crippen molar-refractivity contribution >= 4 is 11.9 Å².